The van der Waals surface area contributed by atoms with Gasteiger partial charge in [-0.3, -0.25) is 0 Å². The second-order valence-electron chi connectivity index (χ2n) is 6.25. The van der Waals surface area contributed by atoms with Crippen molar-refractivity contribution < 1.29 is 14.3 Å². The van der Waals surface area contributed by atoms with Gasteiger partial charge < -0.3 is 9.47 Å². The van der Waals surface area contributed by atoms with Gasteiger partial charge >= 0.3 is 5.52 Å². The van der Waals surface area contributed by atoms with Gasteiger partial charge in [0.25, 0.3) is 0 Å². The number of benzene rings is 1. The molecule has 0 aliphatic carbocycles. The van der Waals surface area contributed by atoms with E-state index < -0.39 is 6.46 Å². The number of rotatable bonds is 4. The maximum Gasteiger partial charge on any atom is 0.317 e. The van der Waals surface area contributed by atoms with Crippen LogP contribution in [0.5, 0.6) is 11.5 Å². The van der Waals surface area contributed by atoms with Crippen molar-refractivity contribution in [3.05, 3.63) is 23.8 Å². The van der Waals surface area contributed by atoms with Gasteiger partial charge in [0.05, 0.1) is 25.5 Å². The van der Waals surface area contributed by atoms with Crippen molar-refractivity contribution in [1.82, 2.24) is 0 Å². The monoisotopic (exact) mass is 339 g/mol. The molecule has 2 fully saturated rings. The molecule has 22 heavy (non-hydrogen) atoms. The van der Waals surface area contributed by atoms with Crippen molar-refractivity contribution in [2.45, 2.75) is 49.8 Å². The molecule has 120 valence electrons. The molecule has 2 unspecified atom stereocenters. The number of carbonyl (C=O) groups excluding carboxylic acids is 1. The molecule has 2 aliphatic heterocycles. The Labute approximate surface area is 138 Å². The average Bonchev–Trinajstić information content (AvgIpc) is 2.74. The number of thiol groups is 1. The van der Waals surface area contributed by atoms with Gasteiger partial charge in [-0.1, -0.05) is 6.07 Å². The Kier molecular flexibility index (Phi) is 4.70. The number of fused-ring (bicyclic) bond motifs is 2. The quantitative estimate of drug-likeness (QED) is 0.631. The van der Waals surface area contributed by atoms with Crippen molar-refractivity contribution in [1.29, 1.82) is 0 Å². The first-order valence-electron chi connectivity index (χ1n) is 8.00. The first kappa shape index (κ1) is 16.1. The minimum absolute atomic E-state index is 0.194. The van der Waals surface area contributed by atoms with E-state index in [9.17, 15) is 4.79 Å². The molecule has 2 heterocycles. The smallest absolute Gasteiger partial charge is 0.317 e. The van der Waals surface area contributed by atoms with Gasteiger partial charge in [-0.05, 0) is 50.7 Å². The van der Waals surface area contributed by atoms with Crippen molar-refractivity contribution in [3.63, 3.8) is 0 Å². The predicted molar refractivity (Wildman–Crippen MR) is 95.1 cm³/mol. The predicted octanol–water partition coefficient (Wildman–Crippen LogP) is 4.81. The number of methoxy groups -OCH3 is 2. The van der Waals surface area contributed by atoms with Gasteiger partial charge in [0.2, 0.25) is 0 Å². The van der Waals surface area contributed by atoms with E-state index in [2.05, 4.69) is 0 Å². The molecule has 2 bridgehead atoms. The zero-order valence-corrected chi connectivity index (χ0v) is 15.0. The molecule has 1 aromatic carbocycles. The minimum atomic E-state index is -1.98. The lowest BCUT2D eigenvalue weighted by atomic mass is 10.0. The normalized spacial score (nSPS) is 30.7. The molecule has 0 saturated carbocycles. The maximum atomic E-state index is 13.5. The first-order chi connectivity index (χ1) is 10.6. The Bertz CT molecular complexity index is 539. The van der Waals surface area contributed by atoms with Crippen LogP contribution in [0.4, 0.5) is 0 Å². The molecule has 0 aromatic heterocycles. The van der Waals surface area contributed by atoms with E-state index in [1.807, 2.05) is 18.2 Å². The molecular weight excluding hydrogens is 315 g/mol. The number of carbonyl (C=O) groups is 1. The summed E-state index contributed by atoms with van der Waals surface area (Å²) < 4.78 is 10.9. The van der Waals surface area contributed by atoms with Crippen LogP contribution < -0.4 is 9.47 Å². The molecule has 5 heteroatoms. The molecule has 1 aromatic rings. The number of hydrogen-bond donors (Lipinski definition) is 1. The first-order valence-corrected chi connectivity index (χ1v) is 11.1. The van der Waals surface area contributed by atoms with Gasteiger partial charge in [-0.15, -0.1) is 0 Å². The van der Waals surface area contributed by atoms with Gasteiger partial charge in [0.1, 0.15) is 17.1 Å². The second-order valence-corrected chi connectivity index (χ2v) is 11.6. The van der Waals surface area contributed by atoms with Crippen molar-refractivity contribution >= 4 is 24.2 Å². The Morgan fingerprint density at radius 2 is 1.55 bits per heavy atom. The molecule has 0 N–H and O–H groups in total. The summed E-state index contributed by atoms with van der Waals surface area (Å²) in [5.41, 5.74) is 1.75. The highest BCUT2D eigenvalue weighted by molar-refractivity contribution is 8.59. The molecule has 0 spiro atoms. The largest absolute Gasteiger partial charge is 0.496 e. The van der Waals surface area contributed by atoms with Crippen LogP contribution in [0.2, 0.25) is 0 Å². The van der Waals surface area contributed by atoms with E-state index in [1.165, 1.54) is 12.8 Å². The van der Waals surface area contributed by atoms with Crippen LogP contribution in [0.25, 0.3) is 0 Å². The fraction of sp³-hybridized carbons (Fsp3) is 0.588. The van der Waals surface area contributed by atoms with E-state index in [0.29, 0.717) is 28.4 Å². The lowest BCUT2D eigenvalue weighted by Crippen LogP contribution is -2.18. The van der Waals surface area contributed by atoms with Crippen LogP contribution in [0.1, 0.15) is 48.9 Å². The van der Waals surface area contributed by atoms with Crippen molar-refractivity contribution in [2.75, 3.05) is 14.2 Å². The number of ether oxygens (including phenoxy) is 2. The lowest BCUT2D eigenvalue weighted by Gasteiger charge is -2.25. The van der Waals surface area contributed by atoms with Crippen molar-refractivity contribution in [3.8, 4) is 11.5 Å². The third-order valence-corrected chi connectivity index (χ3v) is 11.9. The molecule has 2 saturated heterocycles. The van der Waals surface area contributed by atoms with Crippen LogP contribution in [0.3, 0.4) is 0 Å². The highest BCUT2D eigenvalue weighted by Crippen LogP contribution is 2.81. The SMILES string of the molecule is COc1cccc(OC)c1C(=O)[P+]1(S)C2CCCCC1CC2. The van der Waals surface area contributed by atoms with E-state index in [4.69, 9.17) is 21.7 Å². The van der Waals surface area contributed by atoms with Crippen LogP contribution in [0.15, 0.2) is 18.2 Å². The molecule has 3 rings (SSSR count). The molecule has 2 aliphatic rings. The van der Waals surface area contributed by atoms with Gasteiger partial charge in [-0.2, -0.15) is 0 Å². The Balaban J connectivity index is 2.07. The molecule has 0 radical (unpaired) electrons. The Morgan fingerprint density at radius 3 is 2.00 bits per heavy atom. The maximum absolute atomic E-state index is 13.5. The standard InChI is InChI=1S/C17H24O3PS/c1-19-14-8-5-9-15(20-2)16(14)17(18)21(22)12-6-3-4-7-13(21)11-10-12/h5,8-9,12-13,22H,3-4,6-7,10-11H2,1-2H3/q+1. The summed E-state index contributed by atoms with van der Waals surface area (Å²) in [5, 5.41) is 0. The zero-order valence-electron chi connectivity index (χ0n) is 13.2. The third-order valence-electron chi connectivity index (χ3n) is 5.24. The van der Waals surface area contributed by atoms with Gasteiger partial charge in [0, 0.05) is 12.2 Å². The minimum Gasteiger partial charge on any atom is -0.496 e. The highest BCUT2D eigenvalue weighted by Gasteiger charge is 2.62. The molecule has 2 atom stereocenters. The fourth-order valence-corrected chi connectivity index (χ4v) is 9.85. The summed E-state index contributed by atoms with van der Waals surface area (Å²) >= 11 is 5.10. The average molecular weight is 339 g/mol. The lowest BCUT2D eigenvalue weighted by molar-refractivity contribution is 0.107. The van der Waals surface area contributed by atoms with Gasteiger partial charge in [0.15, 0.2) is 6.46 Å². The summed E-state index contributed by atoms with van der Waals surface area (Å²) in [4.78, 5) is 13.5. The van der Waals surface area contributed by atoms with E-state index in [0.717, 1.165) is 25.7 Å². The van der Waals surface area contributed by atoms with Crippen LogP contribution in [0, 0.1) is 0 Å². The van der Waals surface area contributed by atoms with Crippen LogP contribution in [-0.2, 0) is 0 Å². The van der Waals surface area contributed by atoms with Crippen LogP contribution in [-0.4, -0.2) is 31.1 Å². The Morgan fingerprint density at radius 1 is 1.05 bits per heavy atom. The zero-order chi connectivity index (χ0) is 15.7. The summed E-state index contributed by atoms with van der Waals surface area (Å²) in [6.07, 6.45) is 7.09. The van der Waals surface area contributed by atoms with E-state index in [1.54, 1.807) is 14.2 Å². The third kappa shape index (κ3) is 2.45. The topological polar surface area (TPSA) is 35.5 Å². The second kappa shape index (κ2) is 6.41. The van der Waals surface area contributed by atoms with Gasteiger partial charge in [-0.25, -0.2) is 4.79 Å². The summed E-state index contributed by atoms with van der Waals surface area (Å²) in [7, 11) is 3.22. The number of hydrogen-bond acceptors (Lipinski definition) is 4. The molecule has 0 amide bonds. The Hall–Kier alpha value is -0.730. The summed E-state index contributed by atoms with van der Waals surface area (Å²) in [6, 6.07) is 5.55. The molecule has 3 nitrogen and oxygen atoms in total. The highest BCUT2D eigenvalue weighted by atomic mass is 32.7. The fourth-order valence-electron chi connectivity index (χ4n) is 4.09. The molecular formula is C17H24O3PS+. The van der Waals surface area contributed by atoms with E-state index >= 15 is 0 Å². The summed E-state index contributed by atoms with van der Waals surface area (Å²) in [6.45, 7) is -1.98. The van der Waals surface area contributed by atoms with Crippen LogP contribution >= 0.6 is 18.7 Å². The van der Waals surface area contributed by atoms with Crippen molar-refractivity contribution in [2.24, 2.45) is 0 Å². The summed E-state index contributed by atoms with van der Waals surface area (Å²) in [5.74, 6) is 1.22. The van der Waals surface area contributed by atoms with E-state index in [-0.39, 0.29) is 5.52 Å².